The van der Waals surface area contributed by atoms with Crippen LogP contribution in [0.4, 0.5) is 10.1 Å². The van der Waals surface area contributed by atoms with Gasteiger partial charge in [-0.15, -0.1) is 0 Å². The van der Waals surface area contributed by atoms with Crippen molar-refractivity contribution in [2.24, 2.45) is 0 Å². The van der Waals surface area contributed by atoms with Crippen LogP contribution in [0.25, 0.3) is 0 Å². The second kappa shape index (κ2) is 5.36. The quantitative estimate of drug-likeness (QED) is 0.621. The van der Waals surface area contributed by atoms with Crippen molar-refractivity contribution < 1.29 is 14.0 Å². The number of carbonyl (C=O) groups is 2. The zero-order chi connectivity index (χ0) is 14.0. The van der Waals surface area contributed by atoms with Crippen LogP contribution in [-0.2, 0) is 16.1 Å². The number of nitrogen functional groups attached to an aromatic ring is 1. The zero-order valence-corrected chi connectivity index (χ0v) is 10.6. The van der Waals surface area contributed by atoms with Crippen molar-refractivity contribution in [3.63, 3.8) is 0 Å². The molecule has 6 heteroatoms. The second-order valence-electron chi connectivity index (χ2n) is 4.58. The fourth-order valence-corrected chi connectivity index (χ4v) is 2.26. The van der Waals surface area contributed by atoms with Gasteiger partial charge in [0, 0.05) is 12.2 Å². The molecule has 1 heterocycles. The minimum absolute atomic E-state index is 0.140. The maximum absolute atomic E-state index is 13.0. The Labute approximate surface area is 110 Å². The highest BCUT2D eigenvalue weighted by Crippen LogP contribution is 2.19. The summed E-state index contributed by atoms with van der Waals surface area (Å²) in [6.45, 7) is 2.37. The van der Waals surface area contributed by atoms with Gasteiger partial charge in [0.05, 0.1) is 12.6 Å². The van der Waals surface area contributed by atoms with E-state index in [1.54, 1.807) is 11.0 Å². The van der Waals surface area contributed by atoms with Crippen molar-refractivity contribution in [3.8, 4) is 0 Å². The molecule has 1 aliphatic rings. The first-order valence-electron chi connectivity index (χ1n) is 6.13. The maximum Gasteiger partial charge on any atom is 0.243 e. The first-order valence-corrected chi connectivity index (χ1v) is 6.13. The number of rotatable bonds is 3. The number of benzene rings is 1. The number of piperazine rings is 1. The van der Waals surface area contributed by atoms with Crippen molar-refractivity contribution in [2.75, 3.05) is 12.3 Å². The molecule has 19 heavy (non-hydrogen) atoms. The van der Waals surface area contributed by atoms with Crippen LogP contribution in [0.2, 0.25) is 0 Å². The van der Waals surface area contributed by atoms with Crippen LogP contribution < -0.4 is 11.1 Å². The SMILES string of the molecule is CCC1C(=O)NC(=O)CN1Cc1ccc(F)cc1N. The molecule has 5 nitrogen and oxygen atoms in total. The normalized spacial score (nSPS) is 20.4. The lowest BCUT2D eigenvalue weighted by Crippen LogP contribution is -2.57. The van der Waals surface area contributed by atoms with E-state index in [0.717, 1.165) is 0 Å². The van der Waals surface area contributed by atoms with Gasteiger partial charge in [-0.25, -0.2) is 4.39 Å². The van der Waals surface area contributed by atoms with Gasteiger partial charge < -0.3 is 5.73 Å². The molecule has 2 amide bonds. The molecule has 102 valence electrons. The van der Waals surface area contributed by atoms with E-state index in [4.69, 9.17) is 5.73 Å². The van der Waals surface area contributed by atoms with Gasteiger partial charge in [-0.1, -0.05) is 13.0 Å². The lowest BCUT2D eigenvalue weighted by atomic mass is 10.1. The van der Waals surface area contributed by atoms with E-state index >= 15 is 0 Å². The summed E-state index contributed by atoms with van der Waals surface area (Å²) < 4.78 is 13.0. The summed E-state index contributed by atoms with van der Waals surface area (Å²) in [6.07, 6.45) is 0.597. The summed E-state index contributed by atoms with van der Waals surface area (Å²) in [4.78, 5) is 24.9. The van der Waals surface area contributed by atoms with E-state index in [2.05, 4.69) is 5.32 Å². The van der Waals surface area contributed by atoms with Crippen LogP contribution in [0.3, 0.4) is 0 Å². The summed E-state index contributed by atoms with van der Waals surface area (Å²) in [6, 6.07) is 3.77. The monoisotopic (exact) mass is 265 g/mol. The van der Waals surface area contributed by atoms with E-state index in [0.29, 0.717) is 24.2 Å². The van der Waals surface area contributed by atoms with Gasteiger partial charge in [0.2, 0.25) is 11.8 Å². The number of hydrogen-bond donors (Lipinski definition) is 2. The molecule has 1 aromatic rings. The molecular formula is C13H16FN3O2. The number of carbonyl (C=O) groups excluding carboxylic acids is 2. The Hall–Kier alpha value is -1.95. The Morgan fingerprint density at radius 2 is 2.21 bits per heavy atom. The van der Waals surface area contributed by atoms with E-state index in [1.807, 2.05) is 6.92 Å². The van der Waals surface area contributed by atoms with E-state index in [-0.39, 0.29) is 24.4 Å². The Kier molecular flexibility index (Phi) is 3.80. The number of nitrogens with zero attached hydrogens (tertiary/aromatic N) is 1. The molecule has 1 unspecified atom stereocenters. The fraction of sp³-hybridized carbons (Fsp3) is 0.385. The summed E-state index contributed by atoms with van der Waals surface area (Å²) >= 11 is 0. The number of nitrogens with two attached hydrogens (primary N) is 1. The van der Waals surface area contributed by atoms with Crippen molar-refractivity contribution in [1.82, 2.24) is 10.2 Å². The highest BCUT2D eigenvalue weighted by Gasteiger charge is 2.32. The van der Waals surface area contributed by atoms with Crippen LogP contribution in [0.1, 0.15) is 18.9 Å². The molecule has 0 spiro atoms. The predicted octanol–water partition coefficient (Wildman–Crippen LogP) is 0.645. The van der Waals surface area contributed by atoms with Crippen LogP contribution in [-0.4, -0.2) is 29.3 Å². The smallest absolute Gasteiger partial charge is 0.243 e. The topological polar surface area (TPSA) is 75.4 Å². The van der Waals surface area contributed by atoms with Gasteiger partial charge in [-0.3, -0.25) is 19.8 Å². The number of imide groups is 1. The molecule has 1 fully saturated rings. The third-order valence-corrected chi connectivity index (χ3v) is 3.22. The average molecular weight is 265 g/mol. The molecule has 0 aliphatic carbocycles. The zero-order valence-electron chi connectivity index (χ0n) is 10.6. The summed E-state index contributed by atoms with van der Waals surface area (Å²) in [7, 11) is 0. The minimum Gasteiger partial charge on any atom is -0.398 e. The largest absolute Gasteiger partial charge is 0.398 e. The molecule has 1 atom stereocenters. The summed E-state index contributed by atoms with van der Waals surface area (Å²) in [5.41, 5.74) is 6.78. The summed E-state index contributed by atoms with van der Waals surface area (Å²) in [5, 5.41) is 2.31. The first kappa shape index (κ1) is 13.5. The third-order valence-electron chi connectivity index (χ3n) is 3.22. The molecular weight excluding hydrogens is 249 g/mol. The Balaban J connectivity index is 2.20. The van der Waals surface area contributed by atoms with Gasteiger partial charge in [-0.2, -0.15) is 0 Å². The van der Waals surface area contributed by atoms with E-state index < -0.39 is 5.82 Å². The van der Waals surface area contributed by atoms with E-state index in [9.17, 15) is 14.0 Å². The Bertz CT molecular complexity index is 519. The van der Waals surface area contributed by atoms with Crippen molar-refractivity contribution >= 4 is 17.5 Å². The average Bonchev–Trinajstić information content (AvgIpc) is 2.32. The first-order chi connectivity index (χ1) is 9.01. The van der Waals surface area contributed by atoms with Crippen molar-refractivity contribution in [1.29, 1.82) is 0 Å². The number of hydrogen-bond acceptors (Lipinski definition) is 4. The molecule has 3 N–H and O–H groups in total. The van der Waals surface area contributed by atoms with Crippen molar-refractivity contribution in [3.05, 3.63) is 29.6 Å². The van der Waals surface area contributed by atoms with Gasteiger partial charge in [-0.05, 0) is 24.1 Å². The Morgan fingerprint density at radius 1 is 1.47 bits per heavy atom. The molecule has 2 rings (SSSR count). The maximum atomic E-state index is 13.0. The minimum atomic E-state index is -0.402. The van der Waals surface area contributed by atoms with Gasteiger partial charge >= 0.3 is 0 Å². The van der Waals surface area contributed by atoms with Crippen LogP contribution in [0.5, 0.6) is 0 Å². The lowest BCUT2D eigenvalue weighted by molar-refractivity contribution is -0.140. The summed E-state index contributed by atoms with van der Waals surface area (Å²) in [5.74, 6) is -1.02. The molecule has 1 aromatic carbocycles. The molecule has 1 saturated heterocycles. The van der Waals surface area contributed by atoms with Gasteiger partial charge in [0.25, 0.3) is 0 Å². The van der Waals surface area contributed by atoms with Gasteiger partial charge in [0.1, 0.15) is 5.82 Å². The Morgan fingerprint density at radius 3 is 2.84 bits per heavy atom. The highest BCUT2D eigenvalue weighted by molar-refractivity contribution is 6.01. The number of nitrogens with one attached hydrogen (secondary N) is 1. The van der Waals surface area contributed by atoms with Gasteiger partial charge in [0.15, 0.2) is 0 Å². The van der Waals surface area contributed by atoms with Crippen LogP contribution in [0.15, 0.2) is 18.2 Å². The van der Waals surface area contributed by atoms with Crippen LogP contribution in [0, 0.1) is 5.82 Å². The molecule has 0 bridgehead atoms. The van der Waals surface area contributed by atoms with Crippen molar-refractivity contribution in [2.45, 2.75) is 25.9 Å². The molecule has 1 aliphatic heterocycles. The van der Waals surface area contributed by atoms with E-state index in [1.165, 1.54) is 12.1 Å². The third kappa shape index (κ3) is 2.90. The lowest BCUT2D eigenvalue weighted by Gasteiger charge is -2.33. The number of amides is 2. The number of halogens is 1. The predicted molar refractivity (Wildman–Crippen MR) is 68.5 cm³/mol. The fourth-order valence-electron chi connectivity index (χ4n) is 2.26. The second-order valence-corrected chi connectivity index (χ2v) is 4.58. The molecule has 0 saturated carbocycles. The molecule has 0 radical (unpaired) electrons. The number of anilines is 1. The van der Waals surface area contributed by atoms with Crippen LogP contribution >= 0.6 is 0 Å². The highest BCUT2D eigenvalue weighted by atomic mass is 19.1. The standard InChI is InChI=1S/C13H16FN3O2/c1-2-11-13(19)16-12(18)7-17(11)6-8-3-4-9(14)5-10(8)15/h3-5,11H,2,6-7,15H2,1H3,(H,16,18,19). The molecule has 0 aromatic heterocycles.